The van der Waals surface area contributed by atoms with Crippen molar-refractivity contribution in [1.29, 1.82) is 0 Å². The van der Waals surface area contributed by atoms with Crippen molar-refractivity contribution in [2.45, 2.75) is 64.5 Å². The summed E-state index contributed by atoms with van der Waals surface area (Å²) < 4.78 is 1.31. The van der Waals surface area contributed by atoms with Crippen molar-refractivity contribution in [3.8, 4) is 0 Å². The standard InChI is InChI=1S/C23H32N4O2/c1-17-20-10-3-4-11-21(20)23(29)27(25-17)16-22(28)24-19-9-7-8-18(14-19)15-26-12-5-2-6-13-26/h3-4,10-11,18-19H,2,5-9,12-16H2,1H3,(H,24,28)/t18-,19-/m1/s1. The first kappa shape index (κ1) is 20.1. The first-order valence-electron chi connectivity index (χ1n) is 11.1. The summed E-state index contributed by atoms with van der Waals surface area (Å²) in [5, 5.41) is 9.00. The minimum Gasteiger partial charge on any atom is -0.352 e. The molecule has 0 unspecified atom stereocenters. The smallest absolute Gasteiger partial charge is 0.275 e. The molecule has 0 bridgehead atoms. The topological polar surface area (TPSA) is 67.2 Å². The number of piperidine rings is 1. The molecule has 1 aliphatic heterocycles. The van der Waals surface area contributed by atoms with Crippen LogP contribution in [-0.2, 0) is 11.3 Å². The van der Waals surface area contributed by atoms with E-state index in [2.05, 4.69) is 15.3 Å². The van der Waals surface area contributed by atoms with Crippen LogP contribution in [0.3, 0.4) is 0 Å². The van der Waals surface area contributed by atoms with Crippen molar-refractivity contribution >= 4 is 16.7 Å². The first-order valence-corrected chi connectivity index (χ1v) is 11.1. The number of carbonyl (C=O) groups is 1. The molecular formula is C23H32N4O2. The van der Waals surface area contributed by atoms with Gasteiger partial charge in [-0.3, -0.25) is 9.59 Å². The summed E-state index contributed by atoms with van der Waals surface area (Å²) in [4.78, 5) is 27.9. The number of aromatic nitrogens is 2. The minimum absolute atomic E-state index is 0.0161. The molecule has 4 rings (SSSR count). The van der Waals surface area contributed by atoms with E-state index in [1.54, 1.807) is 6.07 Å². The molecule has 0 spiro atoms. The Morgan fingerprint density at radius 1 is 1.10 bits per heavy atom. The summed E-state index contributed by atoms with van der Waals surface area (Å²) in [7, 11) is 0. The van der Waals surface area contributed by atoms with Gasteiger partial charge in [0.1, 0.15) is 6.54 Å². The first-order chi connectivity index (χ1) is 14.1. The monoisotopic (exact) mass is 396 g/mol. The van der Waals surface area contributed by atoms with E-state index >= 15 is 0 Å². The number of carbonyl (C=O) groups excluding carboxylic acids is 1. The lowest BCUT2D eigenvalue weighted by atomic mass is 9.85. The van der Waals surface area contributed by atoms with Gasteiger partial charge in [-0.25, -0.2) is 4.68 Å². The molecular weight excluding hydrogens is 364 g/mol. The van der Waals surface area contributed by atoms with Crippen LogP contribution < -0.4 is 10.9 Å². The van der Waals surface area contributed by atoms with E-state index in [1.165, 1.54) is 43.5 Å². The molecule has 1 saturated heterocycles. The van der Waals surface area contributed by atoms with E-state index in [9.17, 15) is 9.59 Å². The number of rotatable bonds is 5. The van der Waals surface area contributed by atoms with Crippen LogP contribution in [0, 0.1) is 12.8 Å². The predicted octanol–water partition coefficient (Wildman–Crippen LogP) is 2.87. The predicted molar refractivity (Wildman–Crippen MR) is 115 cm³/mol. The molecule has 2 aliphatic rings. The molecule has 29 heavy (non-hydrogen) atoms. The van der Waals surface area contributed by atoms with E-state index in [0.717, 1.165) is 36.9 Å². The average molecular weight is 397 g/mol. The summed E-state index contributed by atoms with van der Waals surface area (Å²) in [5.41, 5.74) is 0.570. The van der Waals surface area contributed by atoms with Gasteiger partial charge < -0.3 is 10.2 Å². The van der Waals surface area contributed by atoms with Gasteiger partial charge in [-0.1, -0.05) is 31.0 Å². The Kier molecular flexibility index (Phi) is 6.28. The number of nitrogens with zero attached hydrogens (tertiary/aromatic N) is 3. The molecule has 1 N–H and O–H groups in total. The lowest BCUT2D eigenvalue weighted by Crippen LogP contribution is -2.44. The largest absolute Gasteiger partial charge is 0.352 e. The third kappa shape index (κ3) is 4.86. The van der Waals surface area contributed by atoms with E-state index in [4.69, 9.17) is 0 Å². The molecule has 0 radical (unpaired) electrons. The second-order valence-electron chi connectivity index (χ2n) is 8.75. The number of aryl methyl sites for hydroxylation is 1. The Bertz CT molecular complexity index is 917. The number of hydrogen-bond acceptors (Lipinski definition) is 4. The quantitative estimate of drug-likeness (QED) is 0.844. The zero-order valence-corrected chi connectivity index (χ0v) is 17.4. The molecule has 6 nitrogen and oxygen atoms in total. The molecule has 2 atom stereocenters. The van der Waals surface area contributed by atoms with Gasteiger partial charge in [-0.05, 0) is 64.1 Å². The maximum absolute atomic E-state index is 12.7. The van der Waals surface area contributed by atoms with Crippen LogP contribution in [0.5, 0.6) is 0 Å². The van der Waals surface area contributed by atoms with E-state index in [-0.39, 0.29) is 24.1 Å². The van der Waals surface area contributed by atoms with E-state index in [1.807, 2.05) is 25.1 Å². The van der Waals surface area contributed by atoms with Crippen molar-refractivity contribution in [3.63, 3.8) is 0 Å². The van der Waals surface area contributed by atoms with Crippen LogP contribution in [0.1, 0.15) is 50.6 Å². The summed E-state index contributed by atoms with van der Waals surface area (Å²) in [6, 6.07) is 7.65. The van der Waals surface area contributed by atoms with Gasteiger partial charge in [0.25, 0.3) is 5.56 Å². The van der Waals surface area contributed by atoms with Crippen LogP contribution in [0.4, 0.5) is 0 Å². The van der Waals surface area contributed by atoms with Crippen molar-refractivity contribution in [1.82, 2.24) is 20.0 Å². The maximum Gasteiger partial charge on any atom is 0.275 e. The SMILES string of the molecule is Cc1nn(CC(=O)N[C@@H]2CCC[C@@H](CN3CCCCC3)C2)c(=O)c2ccccc12. The molecule has 6 heteroatoms. The molecule has 1 saturated carbocycles. The molecule has 156 valence electrons. The lowest BCUT2D eigenvalue weighted by Gasteiger charge is -2.35. The number of likely N-dealkylation sites (tertiary alicyclic amines) is 1. The fraction of sp³-hybridized carbons (Fsp3) is 0.609. The van der Waals surface area contributed by atoms with Gasteiger partial charge >= 0.3 is 0 Å². The molecule has 1 aromatic heterocycles. The van der Waals surface area contributed by atoms with Crippen LogP contribution in [0.25, 0.3) is 10.8 Å². The third-order valence-electron chi connectivity index (χ3n) is 6.46. The fourth-order valence-corrected chi connectivity index (χ4v) is 5.02. The highest BCUT2D eigenvalue weighted by Gasteiger charge is 2.25. The second-order valence-corrected chi connectivity index (χ2v) is 8.75. The number of benzene rings is 1. The van der Waals surface area contributed by atoms with Gasteiger partial charge in [-0.15, -0.1) is 0 Å². The highest BCUT2D eigenvalue weighted by molar-refractivity contribution is 5.83. The average Bonchev–Trinajstić information content (AvgIpc) is 2.73. The van der Waals surface area contributed by atoms with E-state index in [0.29, 0.717) is 11.3 Å². The summed E-state index contributed by atoms with van der Waals surface area (Å²) in [5.74, 6) is 0.550. The van der Waals surface area contributed by atoms with Crippen molar-refractivity contribution in [3.05, 3.63) is 40.3 Å². The van der Waals surface area contributed by atoms with Crippen LogP contribution in [0.15, 0.2) is 29.1 Å². The van der Waals surface area contributed by atoms with E-state index < -0.39 is 0 Å². The molecule has 2 heterocycles. The minimum atomic E-state index is -0.201. The Hall–Kier alpha value is -2.21. The number of fused-ring (bicyclic) bond motifs is 1. The number of nitrogens with one attached hydrogen (secondary N) is 1. The van der Waals surface area contributed by atoms with Crippen LogP contribution in [0.2, 0.25) is 0 Å². The maximum atomic E-state index is 12.7. The summed E-state index contributed by atoms with van der Waals surface area (Å²) in [6.07, 6.45) is 8.49. The molecule has 1 aliphatic carbocycles. The second kappa shape index (κ2) is 9.08. The third-order valence-corrected chi connectivity index (χ3v) is 6.46. The van der Waals surface area contributed by atoms with Gasteiger partial charge in [0.05, 0.1) is 11.1 Å². The fourth-order valence-electron chi connectivity index (χ4n) is 5.02. The summed E-state index contributed by atoms with van der Waals surface area (Å²) in [6.45, 7) is 5.48. The molecule has 1 aromatic carbocycles. The Morgan fingerprint density at radius 2 is 1.86 bits per heavy atom. The number of amides is 1. The Balaban J connectivity index is 1.36. The van der Waals surface area contributed by atoms with Crippen molar-refractivity contribution < 1.29 is 4.79 Å². The van der Waals surface area contributed by atoms with Gasteiger partial charge in [-0.2, -0.15) is 5.10 Å². The van der Waals surface area contributed by atoms with Crippen molar-refractivity contribution in [2.24, 2.45) is 5.92 Å². The Morgan fingerprint density at radius 3 is 2.66 bits per heavy atom. The van der Waals surface area contributed by atoms with Gasteiger partial charge in [0.15, 0.2) is 0 Å². The highest BCUT2D eigenvalue weighted by Crippen LogP contribution is 2.26. The Labute approximate surface area is 172 Å². The molecule has 2 fully saturated rings. The number of hydrogen-bond donors (Lipinski definition) is 1. The normalized spacial score (nSPS) is 23.2. The van der Waals surface area contributed by atoms with Crippen LogP contribution >= 0.6 is 0 Å². The van der Waals surface area contributed by atoms with Crippen molar-refractivity contribution in [2.75, 3.05) is 19.6 Å². The van der Waals surface area contributed by atoms with Crippen LogP contribution in [-0.4, -0.2) is 46.3 Å². The molecule has 2 aromatic rings. The molecule has 1 amide bonds. The zero-order chi connectivity index (χ0) is 20.2. The summed E-state index contributed by atoms with van der Waals surface area (Å²) >= 11 is 0. The highest BCUT2D eigenvalue weighted by atomic mass is 16.2. The van der Waals surface area contributed by atoms with Gasteiger partial charge in [0, 0.05) is 18.0 Å². The lowest BCUT2D eigenvalue weighted by molar-refractivity contribution is -0.123. The van der Waals surface area contributed by atoms with Gasteiger partial charge in [0.2, 0.25) is 5.91 Å². The zero-order valence-electron chi connectivity index (χ0n) is 17.4.